The lowest BCUT2D eigenvalue weighted by atomic mass is 10.1. The molecule has 2 rings (SSSR count). The number of carbonyl (C=O) groups is 1. The lowest BCUT2D eigenvalue weighted by Gasteiger charge is -2.07. The zero-order valence-electron chi connectivity index (χ0n) is 10.5. The topological polar surface area (TPSA) is 72.2 Å². The average Bonchev–Trinajstić information content (AvgIpc) is 2.41. The summed E-state index contributed by atoms with van der Waals surface area (Å²) in [6, 6.07) is 9.77. The molecule has 0 aliphatic heterocycles. The number of aromatic hydroxyl groups is 1. The van der Waals surface area contributed by atoms with Gasteiger partial charge in [-0.3, -0.25) is 14.3 Å². The average molecular weight is 258 g/mol. The normalized spacial score (nSPS) is 10.4. The van der Waals surface area contributed by atoms with Crippen molar-refractivity contribution in [3.05, 3.63) is 58.0 Å². The summed E-state index contributed by atoms with van der Waals surface area (Å²) in [4.78, 5) is 22.7. The number of rotatable bonds is 4. The van der Waals surface area contributed by atoms with Gasteiger partial charge in [0.15, 0.2) is 17.2 Å². The summed E-state index contributed by atoms with van der Waals surface area (Å²) in [6.45, 7) is 1.74. The van der Waals surface area contributed by atoms with Crippen LogP contribution >= 0.6 is 0 Å². The molecule has 5 nitrogen and oxygen atoms in total. The van der Waals surface area contributed by atoms with Gasteiger partial charge in [0.2, 0.25) is 0 Å². The third-order valence-corrected chi connectivity index (χ3v) is 2.75. The van der Waals surface area contributed by atoms with Crippen molar-refractivity contribution >= 4 is 5.78 Å². The van der Waals surface area contributed by atoms with Crippen LogP contribution in [0, 0.1) is 0 Å². The Morgan fingerprint density at radius 3 is 2.63 bits per heavy atom. The number of hydrogen-bond acceptors (Lipinski definition) is 4. The maximum atomic E-state index is 11.5. The SMILES string of the molecule is CC(=O)c1nn(CCc2ccccc2)cc(O)c1=O. The van der Waals surface area contributed by atoms with E-state index in [4.69, 9.17) is 0 Å². The van der Waals surface area contributed by atoms with Gasteiger partial charge in [-0.2, -0.15) is 5.10 Å². The third kappa shape index (κ3) is 3.07. The smallest absolute Gasteiger partial charge is 0.252 e. The van der Waals surface area contributed by atoms with Gasteiger partial charge in [-0.25, -0.2) is 0 Å². The minimum Gasteiger partial charge on any atom is -0.503 e. The number of benzene rings is 1. The predicted molar refractivity (Wildman–Crippen MR) is 70.3 cm³/mol. The Hall–Kier alpha value is -2.43. The van der Waals surface area contributed by atoms with E-state index in [0.717, 1.165) is 5.56 Å². The van der Waals surface area contributed by atoms with Gasteiger partial charge in [0.25, 0.3) is 5.43 Å². The Morgan fingerprint density at radius 2 is 2.00 bits per heavy atom. The second-order valence-corrected chi connectivity index (χ2v) is 4.25. The molecule has 1 aromatic heterocycles. The van der Waals surface area contributed by atoms with Crippen LogP contribution < -0.4 is 5.43 Å². The molecular formula is C14H14N2O3. The number of carbonyl (C=O) groups excluding carboxylic acids is 1. The summed E-state index contributed by atoms with van der Waals surface area (Å²) in [6.07, 6.45) is 1.95. The van der Waals surface area contributed by atoms with E-state index in [1.807, 2.05) is 30.3 Å². The van der Waals surface area contributed by atoms with E-state index in [9.17, 15) is 14.7 Å². The first-order chi connectivity index (χ1) is 9.08. The fraction of sp³-hybridized carbons (Fsp3) is 0.214. The molecule has 19 heavy (non-hydrogen) atoms. The molecule has 5 heteroatoms. The second-order valence-electron chi connectivity index (χ2n) is 4.25. The maximum absolute atomic E-state index is 11.5. The molecule has 0 amide bonds. The Balaban J connectivity index is 2.22. The molecule has 0 atom stereocenters. The van der Waals surface area contributed by atoms with Gasteiger partial charge < -0.3 is 5.11 Å². The fourth-order valence-electron chi connectivity index (χ4n) is 1.76. The monoisotopic (exact) mass is 258 g/mol. The Kier molecular flexibility index (Phi) is 3.75. The van der Waals surface area contributed by atoms with Crippen LogP contribution in [0.25, 0.3) is 0 Å². The van der Waals surface area contributed by atoms with Crippen LogP contribution in [0.3, 0.4) is 0 Å². The van der Waals surface area contributed by atoms with E-state index in [1.54, 1.807) is 0 Å². The van der Waals surface area contributed by atoms with Crippen LogP contribution in [0.5, 0.6) is 5.75 Å². The van der Waals surface area contributed by atoms with Gasteiger partial charge in [0, 0.05) is 13.5 Å². The van der Waals surface area contributed by atoms with Crippen molar-refractivity contribution in [2.24, 2.45) is 0 Å². The predicted octanol–water partition coefficient (Wildman–Crippen LogP) is 1.39. The Labute approximate surface area is 110 Å². The molecule has 0 spiro atoms. The standard InChI is InChI=1S/C14H14N2O3/c1-10(17)13-14(19)12(18)9-16(15-13)8-7-11-5-3-2-4-6-11/h2-6,9,18H,7-8H2,1H3. The quantitative estimate of drug-likeness (QED) is 0.841. The number of Topliss-reactive ketones (excluding diaryl/α,β-unsaturated/α-hetero) is 1. The van der Waals surface area contributed by atoms with E-state index in [2.05, 4.69) is 5.10 Å². The summed E-state index contributed by atoms with van der Waals surface area (Å²) in [5.41, 5.74) is 0.170. The molecule has 0 saturated heterocycles. The van der Waals surface area contributed by atoms with Crippen LogP contribution in [-0.4, -0.2) is 20.7 Å². The highest BCUT2D eigenvalue weighted by atomic mass is 16.3. The van der Waals surface area contributed by atoms with Gasteiger partial charge in [-0.05, 0) is 12.0 Å². The van der Waals surface area contributed by atoms with E-state index in [1.165, 1.54) is 17.8 Å². The molecule has 0 fully saturated rings. The zero-order chi connectivity index (χ0) is 13.8. The molecule has 0 aliphatic rings. The number of aromatic nitrogens is 2. The third-order valence-electron chi connectivity index (χ3n) is 2.75. The van der Waals surface area contributed by atoms with Crippen molar-refractivity contribution in [1.82, 2.24) is 9.78 Å². The van der Waals surface area contributed by atoms with E-state index >= 15 is 0 Å². The summed E-state index contributed by atoms with van der Waals surface area (Å²) < 4.78 is 1.42. The largest absolute Gasteiger partial charge is 0.503 e. The first kappa shape index (κ1) is 13.0. The summed E-state index contributed by atoms with van der Waals surface area (Å²) in [5, 5.41) is 13.4. The van der Waals surface area contributed by atoms with Crippen LogP contribution in [0.4, 0.5) is 0 Å². The molecule has 1 aromatic carbocycles. The molecule has 2 aromatic rings. The number of nitrogens with zero attached hydrogens (tertiary/aromatic N) is 2. The van der Waals surface area contributed by atoms with Crippen molar-refractivity contribution in [1.29, 1.82) is 0 Å². The first-order valence-electron chi connectivity index (χ1n) is 5.93. The molecule has 1 N–H and O–H groups in total. The highest BCUT2D eigenvalue weighted by Gasteiger charge is 2.12. The molecular weight excluding hydrogens is 244 g/mol. The van der Waals surface area contributed by atoms with Gasteiger partial charge in [-0.15, -0.1) is 0 Å². The second kappa shape index (κ2) is 5.48. The van der Waals surface area contributed by atoms with Crippen molar-refractivity contribution in [2.45, 2.75) is 19.9 Å². The van der Waals surface area contributed by atoms with Crippen molar-refractivity contribution < 1.29 is 9.90 Å². The van der Waals surface area contributed by atoms with Crippen LogP contribution in [0.2, 0.25) is 0 Å². The van der Waals surface area contributed by atoms with Gasteiger partial charge in [0.1, 0.15) is 0 Å². The lowest BCUT2D eigenvalue weighted by molar-refractivity contribution is 0.100. The molecule has 0 radical (unpaired) electrons. The number of hydrogen-bond donors (Lipinski definition) is 1. The highest BCUT2D eigenvalue weighted by molar-refractivity contribution is 5.92. The summed E-state index contributed by atoms with van der Waals surface area (Å²) in [7, 11) is 0. The molecule has 0 saturated carbocycles. The minimum atomic E-state index is -0.719. The van der Waals surface area contributed by atoms with E-state index < -0.39 is 17.0 Å². The van der Waals surface area contributed by atoms with Gasteiger partial charge in [-0.1, -0.05) is 30.3 Å². The van der Waals surface area contributed by atoms with Crippen LogP contribution in [-0.2, 0) is 13.0 Å². The summed E-state index contributed by atoms with van der Waals surface area (Å²) >= 11 is 0. The molecule has 1 heterocycles. The summed E-state index contributed by atoms with van der Waals surface area (Å²) in [5.74, 6) is -0.900. The van der Waals surface area contributed by atoms with Crippen molar-refractivity contribution in [2.75, 3.05) is 0 Å². The van der Waals surface area contributed by atoms with Gasteiger partial charge >= 0.3 is 0 Å². The zero-order valence-corrected chi connectivity index (χ0v) is 10.5. The number of ketones is 1. The van der Waals surface area contributed by atoms with Gasteiger partial charge in [0.05, 0.1) is 6.20 Å². The molecule has 98 valence electrons. The Bertz CT molecular complexity index is 647. The Morgan fingerprint density at radius 1 is 1.32 bits per heavy atom. The lowest BCUT2D eigenvalue weighted by Crippen LogP contribution is -2.21. The maximum Gasteiger partial charge on any atom is 0.252 e. The molecule has 0 bridgehead atoms. The molecule has 0 aliphatic carbocycles. The van der Waals surface area contributed by atoms with E-state index in [-0.39, 0.29) is 5.69 Å². The highest BCUT2D eigenvalue weighted by Crippen LogP contribution is 2.04. The van der Waals surface area contributed by atoms with Crippen LogP contribution in [0.15, 0.2) is 41.3 Å². The van der Waals surface area contributed by atoms with Crippen molar-refractivity contribution in [3.8, 4) is 5.75 Å². The molecule has 0 unspecified atom stereocenters. The van der Waals surface area contributed by atoms with E-state index in [0.29, 0.717) is 13.0 Å². The minimum absolute atomic E-state index is 0.229. The van der Waals surface area contributed by atoms with Crippen molar-refractivity contribution in [3.63, 3.8) is 0 Å². The fourth-order valence-corrected chi connectivity index (χ4v) is 1.76. The number of aryl methyl sites for hydroxylation is 2. The van der Waals surface area contributed by atoms with Crippen LogP contribution in [0.1, 0.15) is 23.0 Å². The first-order valence-corrected chi connectivity index (χ1v) is 5.93.